The molecule has 1 atom stereocenters. The van der Waals surface area contributed by atoms with Crippen LogP contribution in [0.2, 0.25) is 0 Å². The van der Waals surface area contributed by atoms with Gasteiger partial charge in [0, 0.05) is 23.0 Å². The number of anilines is 1. The molecule has 1 saturated heterocycles. The van der Waals surface area contributed by atoms with Crippen LogP contribution in [-0.4, -0.2) is 34.3 Å². The lowest BCUT2D eigenvalue weighted by atomic mass is 10.2. The maximum Gasteiger partial charge on any atom is 0.264 e. The van der Waals surface area contributed by atoms with Crippen LogP contribution < -0.4 is 5.32 Å². The molecule has 3 heterocycles. The minimum absolute atomic E-state index is 0.00110. The lowest BCUT2D eigenvalue weighted by Gasteiger charge is -2.23. The number of carbonyl (C=O) groups excluding carboxylic acids is 2. The zero-order valence-corrected chi connectivity index (χ0v) is 14.2. The molecule has 1 aliphatic carbocycles. The van der Waals surface area contributed by atoms with E-state index in [1.807, 2.05) is 11.4 Å². The van der Waals surface area contributed by atoms with Gasteiger partial charge in [-0.1, -0.05) is 0 Å². The van der Waals surface area contributed by atoms with Crippen molar-refractivity contribution < 1.29 is 9.59 Å². The highest BCUT2D eigenvalue weighted by molar-refractivity contribution is 7.14. The molecule has 7 heteroatoms. The minimum Gasteiger partial charge on any atom is -0.326 e. The van der Waals surface area contributed by atoms with Crippen molar-refractivity contribution in [3.05, 3.63) is 33.0 Å². The molecule has 2 aromatic heterocycles. The van der Waals surface area contributed by atoms with Crippen LogP contribution >= 0.6 is 22.7 Å². The van der Waals surface area contributed by atoms with E-state index in [-0.39, 0.29) is 17.9 Å². The van der Waals surface area contributed by atoms with Crippen molar-refractivity contribution in [2.24, 2.45) is 0 Å². The molecule has 1 aliphatic heterocycles. The Labute approximate surface area is 142 Å². The number of aryl methyl sites for hydroxylation is 2. The fourth-order valence-corrected chi connectivity index (χ4v) is 5.07. The summed E-state index contributed by atoms with van der Waals surface area (Å²) in [6.07, 6.45) is 6.60. The lowest BCUT2D eigenvalue weighted by Crippen LogP contribution is -2.42. The molecule has 2 aromatic rings. The highest BCUT2D eigenvalue weighted by Gasteiger charge is 2.35. The predicted octanol–water partition coefficient (Wildman–Crippen LogP) is 2.94. The number of hydrogen-bond acceptors (Lipinski definition) is 5. The first kappa shape index (κ1) is 14.8. The Balaban J connectivity index is 1.50. The number of fused-ring (bicyclic) bond motifs is 1. The molecule has 1 unspecified atom stereocenters. The molecule has 2 amide bonds. The highest BCUT2D eigenvalue weighted by atomic mass is 32.1. The monoisotopic (exact) mass is 347 g/mol. The lowest BCUT2D eigenvalue weighted by molar-refractivity contribution is -0.119. The Kier molecular flexibility index (Phi) is 3.90. The summed E-state index contributed by atoms with van der Waals surface area (Å²) in [4.78, 5) is 33.2. The molecule has 0 bridgehead atoms. The molecule has 23 heavy (non-hydrogen) atoms. The molecule has 0 spiro atoms. The third-order valence-corrected chi connectivity index (χ3v) is 6.35. The van der Waals surface area contributed by atoms with Gasteiger partial charge in [-0.25, -0.2) is 4.98 Å². The Morgan fingerprint density at radius 1 is 1.30 bits per heavy atom. The van der Waals surface area contributed by atoms with E-state index in [9.17, 15) is 9.59 Å². The van der Waals surface area contributed by atoms with E-state index in [0.29, 0.717) is 18.1 Å². The van der Waals surface area contributed by atoms with Gasteiger partial charge in [0.1, 0.15) is 6.04 Å². The number of amides is 2. The smallest absolute Gasteiger partial charge is 0.264 e. The molecule has 5 nitrogen and oxygen atoms in total. The topological polar surface area (TPSA) is 62.3 Å². The SMILES string of the molecule is O=C(Nc1nccs1)C1CCCN1C(=O)c1cc2c(s1)CCC2. The van der Waals surface area contributed by atoms with Gasteiger partial charge in [0.15, 0.2) is 5.13 Å². The van der Waals surface area contributed by atoms with E-state index >= 15 is 0 Å². The number of thiophene rings is 1. The quantitative estimate of drug-likeness (QED) is 0.928. The summed E-state index contributed by atoms with van der Waals surface area (Å²) in [5.41, 5.74) is 1.32. The number of thiazole rings is 1. The second-order valence-electron chi connectivity index (χ2n) is 5.90. The fourth-order valence-electron chi connectivity index (χ4n) is 3.33. The van der Waals surface area contributed by atoms with Crippen molar-refractivity contribution in [2.75, 3.05) is 11.9 Å². The van der Waals surface area contributed by atoms with Crippen molar-refractivity contribution in [3.63, 3.8) is 0 Å². The van der Waals surface area contributed by atoms with Crippen LogP contribution in [0, 0.1) is 0 Å². The van der Waals surface area contributed by atoms with Gasteiger partial charge in [-0.05, 0) is 43.7 Å². The zero-order valence-electron chi connectivity index (χ0n) is 12.6. The largest absolute Gasteiger partial charge is 0.326 e. The van der Waals surface area contributed by atoms with Gasteiger partial charge in [-0.2, -0.15) is 0 Å². The fraction of sp³-hybridized carbons (Fsp3) is 0.438. The third-order valence-electron chi connectivity index (χ3n) is 4.44. The van der Waals surface area contributed by atoms with Crippen LogP contribution in [0.1, 0.15) is 39.4 Å². The molecule has 0 radical (unpaired) electrons. The molecule has 1 N–H and O–H groups in total. The van der Waals surface area contributed by atoms with Crippen LogP contribution in [0.5, 0.6) is 0 Å². The molecular formula is C16H17N3O2S2. The van der Waals surface area contributed by atoms with E-state index in [0.717, 1.165) is 24.1 Å². The highest BCUT2D eigenvalue weighted by Crippen LogP contribution is 2.32. The maximum atomic E-state index is 12.8. The maximum absolute atomic E-state index is 12.8. The minimum atomic E-state index is -0.386. The Hall–Kier alpha value is -1.73. The predicted molar refractivity (Wildman–Crippen MR) is 91.1 cm³/mol. The standard InChI is InChI=1S/C16H17N3O2S2/c20-14(18-16-17-6-8-22-16)11-4-2-7-19(11)15(21)13-9-10-3-1-5-12(10)23-13/h6,8-9,11H,1-5,7H2,(H,17,18,20). The summed E-state index contributed by atoms with van der Waals surface area (Å²) in [5.74, 6) is -0.129. The first-order chi connectivity index (χ1) is 11.2. The van der Waals surface area contributed by atoms with E-state index in [1.54, 1.807) is 22.4 Å². The first-order valence-corrected chi connectivity index (χ1v) is 9.55. The third kappa shape index (κ3) is 2.79. The van der Waals surface area contributed by atoms with Gasteiger partial charge >= 0.3 is 0 Å². The van der Waals surface area contributed by atoms with Crippen molar-refractivity contribution in [1.29, 1.82) is 0 Å². The van der Waals surface area contributed by atoms with Gasteiger partial charge in [-0.15, -0.1) is 22.7 Å². The Morgan fingerprint density at radius 3 is 3.00 bits per heavy atom. The van der Waals surface area contributed by atoms with E-state index in [2.05, 4.69) is 10.3 Å². The van der Waals surface area contributed by atoms with Crippen molar-refractivity contribution in [2.45, 2.75) is 38.1 Å². The van der Waals surface area contributed by atoms with Crippen LogP contribution in [0.15, 0.2) is 17.6 Å². The van der Waals surface area contributed by atoms with Gasteiger partial charge in [0.25, 0.3) is 5.91 Å². The summed E-state index contributed by atoms with van der Waals surface area (Å²) < 4.78 is 0. The number of nitrogens with one attached hydrogen (secondary N) is 1. The Bertz CT molecular complexity index is 717. The van der Waals surface area contributed by atoms with Gasteiger partial charge in [-0.3, -0.25) is 9.59 Å². The van der Waals surface area contributed by atoms with Gasteiger partial charge in [0.05, 0.1) is 4.88 Å². The van der Waals surface area contributed by atoms with Crippen molar-refractivity contribution in [1.82, 2.24) is 9.88 Å². The molecule has 1 fully saturated rings. The summed E-state index contributed by atoms with van der Waals surface area (Å²) in [5, 5.41) is 5.22. The average molecular weight is 347 g/mol. The zero-order chi connectivity index (χ0) is 15.8. The first-order valence-electron chi connectivity index (χ1n) is 7.85. The van der Waals surface area contributed by atoms with Crippen molar-refractivity contribution >= 4 is 39.6 Å². The average Bonchev–Trinajstić information content (AvgIpc) is 3.29. The number of hydrogen-bond donors (Lipinski definition) is 1. The second-order valence-corrected chi connectivity index (χ2v) is 7.93. The van der Waals surface area contributed by atoms with E-state index in [1.165, 1.54) is 28.2 Å². The molecule has 0 saturated carbocycles. The van der Waals surface area contributed by atoms with Crippen LogP contribution in [0.4, 0.5) is 5.13 Å². The Morgan fingerprint density at radius 2 is 2.22 bits per heavy atom. The van der Waals surface area contributed by atoms with E-state index < -0.39 is 0 Å². The number of likely N-dealkylation sites (tertiary alicyclic amines) is 1. The summed E-state index contributed by atoms with van der Waals surface area (Å²) in [7, 11) is 0. The number of aromatic nitrogens is 1. The van der Waals surface area contributed by atoms with Crippen LogP contribution in [0.25, 0.3) is 0 Å². The van der Waals surface area contributed by atoms with Crippen LogP contribution in [0.3, 0.4) is 0 Å². The molecule has 120 valence electrons. The second kappa shape index (κ2) is 6.05. The number of carbonyl (C=O) groups is 2. The molecule has 2 aliphatic rings. The molecule has 0 aromatic carbocycles. The molecule has 4 rings (SSSR count). The van der Waals surface area contributed by atoms with Crippen molar-refractivity contribution in [3.8, 4) is 0 Å². The summed E-state index contributed by atoms with van der Waals surface area (Å²) in [6.45, 7) is 0.650. The normalized spacial score (nSPS) is 19.8. The van der Waals surface area contributed by atoms with Gasteiger partial charge in [0.2, 0.25) is 5.91 Å². The van der Waals surface area contributed by atoms with Crippen LogP contribution in [-0.2, 0) is 17.6 Å². The number of nitrogens with zero attached hydrogens (tertiary/aromatic N) is 2. The summed E-state index contributed by atoms with van der Waals surface area (Å²) in [6, 6.07) is 1.65. The molecular weight excluding hydrogens is 330 g/mol. The van der Waals surface area contributed by atoms with E-state index in [4.69, 9.17) is 0 Å². The van der Waals surface area contributed by atoms with Gasteiger partial charge < -0.3 is 10.2 Å². The summed E-state index contributed by atoms with van der Waals surface area (Å²) >= 11 is 2.99. The number of rotatable bonds is 3.